The van der Waals surface area contributed by atoms with Crippen molar-refractivity contribution >= 4 is 16.9 Å². The van der Waals surface area contributed by atoms with Gasteiger partial charge in [-0.15, -0.1) is 10.2 Å². The van der Waals surface area contributed by atoms with Crippen LogP contribution >= 0.6 is 0 Å². The van der Waals surface area contributed by atoms with Crippen LogP contribution in [-0.2, 0) is 29.0 Å². The van der Waals surface area contributed by atoms with E-state index in [4.69, 9.17) is 4.74 Å². The topological polar surface area (TPSA) is 97.7 Å². The molecule has 3 rings (SSSR count). The molecule has 2 heterocycles. The lowest BCUT2D eigenvalue weighted by atomic mass is 10.1. The van der Waals surface area contributed by atoms with E-state index >= 15 is 0 Å². The molecule has 0 spiro atoms. The molecule has 0 atom stereocenters. The molecule has 0 unspecified atom stereocenters. The molecule has 0 aliphatic heterocycles. The molecule has 0 aliphatic rings. The highest BCUT2D eigenvalue weighted by Crippen LogP contribution is 2.14. The predicted molar refractivity (Wildman–Crippen MR) is 92.9 cm³/mol. The molecule has 0 fully saturated rings. The summed E-state index contributed by atoms with van der Waals surface area (Å²) in [6, 6.07) is 5.81. The van der Waals surface area contributed by atoms with Gasteiger partial charge in [0.05, 0.1) is 24.0 Å². The lowest BCUT2D eigenvalue weighted by molar-refractivity contribution is -0.120. The van der Waals surface area contributed by atoms with Crippen molar-refractivity contribution in [3.8, 4) is 0 Å². The van der Waals surface area contributed by atoms with Gasteiger partial charge in [0.25, 0.3) is 0 Å². The van der Waals surface area contributed by atoms with Crippen LogP contribution in [0.15, 0.2) is 24.5 Å². The number of benzene rings is 1. The fourth-order valence-electron chi connectivity index (χ4n) is 2.70. The summed E-state index contributed by atoms with van der Waals surface area (Å²) in [6.07, 6.45) is 2.86. The summed E-state index contributed by atoms with van der Waals surface area (Å²) in [5.74, 6) is 1.55. The number of ether oxygens (including phenoxy) is 1. The number of methoxy groups -OCH3 is 1. The monoisotopic (exact) mass is 342 g/mol. The van der Waals surface area contributed by atoms with Gasteiger partial charge in [-0.25, -0.2) is 4.98 Å². The predicted octanol–water partition coefficient (Wildman–Crippen LogP) is 1.36. The van der Waals surface area contributed by atoms with E-state index < -0.39 is 0 Å². The summed E-state index contributed by atoms with van der Waals surface area (Å²) in [5, 5.41) is 10.9. The third-order valence-corrected chi connectivity index (χ3v) is 3.92. The maximum Gasteiger partial charge on any atom is 0.224 e. The summed E-state index contributed by atoms with van der Waals surface area (Å²) in [5.41, 5.74) is 2.79. The van der Waals surface area contributed by atoms with Gasteiger partial charge in [-0.05, 0) is 31.0 Å². The van der Waals surface area contributed by atoms with Crippen LogP contribution in [0.2, 0.25) is 0 Å². The molecule has 0 radical (unpaired) electrons. The van der Waals surface area contributed by atoms with Crippen molar-refractivity contribution in [1.29, 1.82) is 0 Å². The first kappa shape index (κ1) is 17.1. The Morgan fingerprint density at radius 3 is 3.12 bits per heavy atom. The Morgan fingerprint density at radius 1 is 1.40 bits per heavy atom. The van der Waals surface area contributed by atoms with E-state index in [2.05, 4.69) is 25.5 Å². The van der Waals surface area contributed by atoms with Crippen LogP contribution in [0.3, 0.4) is 0 Å². The Balaban J connectivity index is 1.54. The maximum absolute atomic E-state index is 12.2. The minimum atomic E-state index is -0.0537. The average Bonchev–Trinajstić information content (AvgIpc) is 3.18. The highest BCUT2D eigenvalue weighted by molar-refractivity contribution is 5.81. The number of hydrogen-bond acceptors (Lipinski definition) is 5. The summed E-state index contributed by atoms with van der Waals surface area (Å²) in [4.78, 5) is 19.8. The van der Waals surface area contributed by atoms with E-state index in [0.29, 0.717) is 19.6 Å². The van der Waals surface area contributed by atoms with Crippen molar-refractivity contribution < 1.29 is 9.53 Å². The number of nitrogens with one attached hydrogen (secondary N) is 2. The number of carbonyl (C=O) groups excluding carboxylic acids is 1. The minimum absolute atomic E-state index is 0.0537. The molecule has 0 bridgehead atoms. The molecule has 1 amide bonds. The fourth-order valence-corrected chi connectivity index (χ4v) is 2.70. The number of aromatic amines is 1. The van der Waals surface area contributed by atoms with Crippen molar-refractivity contribution in [2.75, 3.05) is 13.7 Å². The number of H-pyrrole nitrogens is 1. The Hall–Kier alpha value is -2.74. The number of hydrogen-bond donors (Lipinski definition) is 2. The van der Waals surface area contributed by atoms with Crippen LogP contribution in [0, 0.1) is 6.92 Å². The number of nitrogens with zero attached hydrogens (tertiary/aromatic N) is 4. The second-order valence-corrected chi connectivity index (χ2v) is 5.91. The van der Waals surface area contributed by atoms with Gasteiger partial charge in [-0.2, -0.15) is 0 Å². The number of carbonyl (C=O) groups is 1. The van der Waals surface area contributed by atoms with E-state index in [-0.39, 0.29) is 5.91 Å². The van der Waals surface area contributed by atoms with E-state index in [1.165, 1.54) is 0 Å². The highest BCUT2D eigenvalue weighted by atomic mass is 16.5. The number of aromatic nitrogens is 5. The largest absolute Gasteiger partial charge is 0.385 e. The van der Waals surface area contributed by atoms with Gasteiger partial charge in [0.15, 0.2) is 5.82 Å². The molecular weight excluding hydrogens is 320 g/mol. The highest BCUT2D eigenvalue weighted by Gasteiger charge is 2.09. The minimum Gasteiger partial charge on any atom is -0.385 e. The SMILES string of the molecule is COCCCn1cnnc1CNC(=O)Cc1ccc2nc(C)[nH]c2c1. The standard InChI is InChI=1S/C17H22N6O2/c1-12-20-14-5-4-13(8-15(14)21-12)9-17(24)18-10-16-22-19-11-23(16)6-3-7-25-2/h4-5,8,11H,3,6-7,9-10H2,1-2H3,(H,18,24)(H,20,21). The zero-order chi connectivity index (χ0) is 17.6. The molecule has 0 saturated heterocycles. The molecule has 132 valence electrons. The number of aryl methyl sites for hydroxylation is 2. The summed E-state index contributed by atoms with van der Waals surface area (Å²) < 4.78 is 6.97. The third kappa shape index (κ3) is 4.42. The van der Waals surface area contributed by atoms with E-state index in [0.717, 1.165) is 41.2 Å². The van der Waals surface area contributed by atoms with Gasteiger partial charge < -0.3 is 19.6 Å². The van der Waals surface area contributed by atoms with Gasteiger partial charge in [0.2, 0.25) is 5.91 Å². The molecular formula is C17H22N6O2. The number of amides is 1. The van der Waals surface area contributed by atoms with Gasteiger partial charge in [-0.1, -0.05) is 6.07 Å². The molecule has 2 aromatic heterocycles. The molecule has 0 saturated carbocycles. The molecule has 1 aromatic carbocycles. The van der Waals surface area contributed by atoms with Crippen LogP contribution < -0.4 is 5.32 Å². The van der Waals surface area contributed by atoms with Gasteiger partial charge >= 0.3 is 0 Å². The molecule has 2 N–H and O–H groups in total. The normalized spacial score (nSPS) is 11.1. The summed E-state index contributed by atoms with van der Waals surface area (Å²) in [6.45, 7) is 3.72. The van der Waals surface area contributed by atoms with Crippen molar-refractivity contribution in [3.05, 3.63) is 41.7 Å². The van der Waals surface area contributed by atoms with Crippen molar-refractivity contribution in [2.45, 2.75) is 32.9 Å². The zero-order valence-electron chi connectivity index (χ0n) is 14.5. The second kappa shape index (κ2) is 7.89. The van der Waals surface area contributed by atoms with E-state index in [1.54, 1.807) is 13.4 Å². The maximum atomic E-state index is 12.2. The Labute approximate surface area is 145 Å². The fraction of sp³-hybridized carbons (Fsp3) is 0.412. The quantitative estimate of drug-likeness (QED) is 0.602. The third-order valence-electron chi connectivity index (χ3n) is 3.92. The summed E-state index contributed by atoms with van der Waals surface area (Å²) >= 11 is 0. The zero-order valence-corrected chi connectivity index (χ0v) is 14.5. The van der Waals surface area contributed by atoms with E-state index in [9.17, 15) is 4.79 Å². The lowest BCUT2D eigenvalue weighted by Crippen LogP contribution is -2.26. The second-order valence-electron chi connectivity index (χ2n) is 5.91. The number of fused-ring (bicyclic) bond motifs is 1. The Bertz CT molecular complexity index is 854. The van der Waals surface area contributed by atoms with Crippen molar-refractivity contribution in [1.82, 2.24) is 30.0 Å². The van der Waals surface area contributed by atoms with Crippen LogP contribution in [0.1, 0.15) is 23.6 Å². The van der Waals surface area contributed by atoms with Gasteiger partial charge in [-0.3, -0.25) is 4.79 Å². The van der Waals surface area contributed by atoms with Crippen molar-refractivity contribution in [2.24, 2.45) is 0 Å². The first-order valence-electron chi connectivity index (χ1n) is 8.23. The Kier molecular flexibility index (Phi) is 5.39. The van der Waals surface area contributed by atoms with Crippen LogP contribution in [0.5, 0.6) is 0 Å². The lowest BCUT2D eigenvalue weighted by Gasteiger charge is -2.08. The number of rotatable bonds is 8. The van der Waals surface area contributed by atoms with Crippen LogP contribution in [-0.4, -0.2) is 44.4 Å². The van der Waals surface area contributed by atoms with Gasteiger partial charge in [0.1, 0.15) is 12.2 Å². The molecule has 0 aliphatic carbocycles. The van der Waals surface area contributed by atoms with E-state index in [1.807, 2.05) is 29.7 Å². The van der Waals surface area contributed by atoms with Crippen molar-refractivity contribution in [3.63, 3.8) is 0 Å². The van der Waals surface area contributed by atoms with Crippen LogP contribution in [0.25, 0.3) is 11.0 Å². The van der Waals surface area contributed by atoms with Crippen LogP contribution in [0.4, 0.5) is 0 Å². The first-order valence-corrected chi connectivity index (χ1v) is 8.23. The molecule has 3 aromatic rings. The van der Waals surface area contributed by atoms with Gasteiger partial charge in [0, 0.05) is 20.3 Å². The molecule has 8 nitrogen and oxygen atoms in total. The molecule has 8 heteroatoms. The number of imidazole rings is 1. The average molecular weight is 342 g/mol. The smallest absolute Gasteiger partial charge is 0.224 e. The summed E-state index contributed by atoms with van der Waals surface area (Å²) in [7, 11) is 1.68. The molecule has 25 heavy (non-hydrogen) atoms. The Morgan fingerprint density at radius 2 is 2.28 bits per heavy atom. The first-order chi connectivity index (χ1) is 12.2.